The number of hydrogen-bond acceptors (Lipinski definition) is 3. The molecule has 0 aliphatic heterocycles. The number of hydrogen-bond donors (Lipinski definition) is 1. The van der Waals surface area contributed by atoms with Crippen LogP contribution in [0.25, 0.3) is 0 Å². The second kappa shape index (κ2) is 4.30. The zero-order chi connectivity index (χ0) is 13.9. The molecule has 0 radical (unpaired) electrons. The van der Waals surface area contributed by atoms with Crippen molar-refractivity contribution in [3.63, 3.8) is 0 Å². The highest BCUT2D eigenvalue weighted by atomic mass is 15.3. The second-order valence-corrected chi connectivity index (χ2v) is 7.85. The fourth-order valence-corrected chi connectivity index (χ4v) is 5.66. The summed E-state index contributed by atoms with van der Waals surface area (Å²) in [4.78, 5) is 4.91. The lowest BCUT2D eigenvalue weighted by Crippen LogP contribution is -2.49. The summed E-state index contributed by atoms with van der Waals surface area (Å²) in [6.45, 7) is 2.03. The number of nitrogens with two attached hydrogens (primary N) is 1. The van der Waals surface area contributed by atoms with Crippen LogP contribution in [0.3, 0.4) is 0 Å². The molecule has 0 saturated heterocycles. The lowest BCUT2D eigenvalue weighted by Gasteiger charge is -2.56. The third kappa shape index (κ3) is 1.92. The summed E-state index contributed by atoms with van der Waals surface area (Å²) in [6, 6.07) is 0.140. The maximum Gasteiger partial charge on any atom is 0.152 e. The molecule has 4 nitrogen and oxygen atoms in total. The predicted molar refractivity (Wildman–Crippen MR) is 78.2 cm³/mol. The van der Waals surface area contributed by atoms with Crippen LogP contribution in [0.4, 0.5) is 0 Å². The minimum absolute atomic E-state index is 0.140. The van der Waals surface area contributed by atoms with Crippen LogP contribution < -0.4 is 5.73 Å². The van der Waals surface area contributed by atoms with E-state index in [0.29, 0.717) is 5.41 Å². The van der Waals surface area contributed by atoms with Gasteiger partial charge in [0.05, 0.1) is 0 Å². The zero-order valence-electron chi connectivity index (χ0n) is 12.7. The molecule has 1 aromatic heterocycles. The third-order valence-electron chi connectivity index (χ3n) is 5.82. The van der Waals surface area contributed by atoms with Gasteiger partial charge in [0.1, 0.15) is 5.82 Å². The van der Waals surface area contributed by atoms with Crippen LogP contribution in [0, 0.1) is 17.8 Å². The van der Waals surface area contributed by atoms with Crippen molar-refractivity contribution in [2.24, 2.45) is 30.5 Å². The van der Waals surface area contributed by atoms with E-state index in [-0.39, 0.29) is 6.04 Å². The monoisotopic (exact) mass is 274 g/mol. The first-order valence-electron chi connectivity index (χ1n) is 8.20. The molecule has 4 saturated carbocycles. The molecule has 4 aliphatic carbocycles. The molecule has 0 amide bonds. The summed E-state index contributed by atoms with van der Waals surface area (Å²) in [5.41, 5.74) is 6.24. The van der Waals surface area contributed by atoms with Crippen LogP contribution in [0.2, 0.25) is 0 Å². The number of nitrogens with zero attached hydrogens (tertiary/aromatic N) is 3. The summed E-state index contributed by atoms with van der Waals surface area (Å²) in [7, 11) is 2.08. The highest BCUT2D eigenvalue weighted by molar-refractivity contribution is 5.18. The number of aryl methyl sites for hydroxylation is 1. The smallest absolute Gasteiger partial charge is 0.152 e. The van der Waals surface area contributed by atoms with Gasteiger partial charge < -0.3 is 5.73 Å². The van der Waals surface area contributed by atoms with Gasteiger partial charge in [-0.05, 0) is 63.2 Å². The maximum atomic E-state index is 5.90. The highest BCUT2D eigenvalue weighted by Crippen LogP contribution is 2.60. The molecule has 1 atom stereocenters. The molecule has 4 heteroatoms. The van der Waals surface area contributed by atoms with E-state index in [4.69, 9.17) is 10.7 Å². The first-order valence-corrected chi connectivity index (χ1v) is 8.20. The zero-order valence-corrected chi connectivity index (χ0v) is 12.7. The minimum Gasteiger partial charge on any atom is -0.328 e. The average molecular weight is 274 g/mol. The Morgan fingerprint density at radius 1 is 1.20 bits per heavy atom. The molecular weight excluding hydrogens is 248 g/mol. The van der Waals surface area contributed by atoms with Gasteiger partial charge >= 0.3 is 0 Å². The molecule has 2 N–H and O–H groups in total. The summed E-state index contributed by atoms with van der Waals surface area (Å²) >= 11 is 0. The van der Waals surface area contributed by atoms with Gasteiger partial charge in [-0.25, -0.2) is 4.98 Å². The Bertz CT molecular complexity index is 481. The Morgan fingerprint density at radius 3 is 2.25 bits per heavy atom. The largest absolute Gasteiger partial charge is 0.328 e. The SMILES string of the molecule is CC(N)Cc1nc(C23CC4CC(CC(C4)C2)C3)n(C)n1. The third-order valence-corrected chi connectivity index (χ3v) is 5.82. The normalized spacial score (nSPS) is 40.2. The van der Waals surface area contributed by atoms with Crippen molar-refractivity contribution in [2.45, 2.75) is 63.3 Å². The summed E-state index contributed by atoms with van der Waals surface area (Å²) in [5, 5.41) is 4.63. The molecule has 1 aromatic rings. The van der Waals surface area contributed by atoms with Crippen LogP contribution in [-0.4, -0.2) is 20.8 Å². The van der Waals surface area contributed by atoms with Gasteiger partial charge in [0.15, 0.2) is 5.82 Å². The quantitative estimate of drug-likeness (QED) is 0.919. The van der Waals surface area contributed by atoms with Gasteiger partial charge in [0, 0.05) is 24.9 Å². The maximum absolute atomic E-state index is 5.90. The van der Waals surface area contributed by atoms with Gasteiger partial charge in [-0.3, -0.25) is 4.68 Å². The average Bonchev–Trinajstić information content (AvgIpc) is 2.68. The Balaban J connectivity index is 1.68. The van der Waals surface area contributed by atoms with E-state index in [0.717, 1.165) is 30.0 Å². The van der Waals surface area contributed by atoms with Crippen molar-refractivity contribution < 1.29 is 0 Å². The molecule has 110 valence electrons. The van der Waals surface area contributed by atoms with Crippen LogP contribution in [-0.2, 0) is 18.9 Å². The predicted octanol–water partition coefficient (Wildman–Crippen LogP) is 2.17. The molecule has 0 aromatic carbocycles. The van der Waals surface area contributed by atoms with Gasteiger partial charge in [-0.1, -0.05) is 0 Å². The summed E-state index contributed by atoms with van der Waals surface area (Å²) in [5.74, 6) is 5.06. The van der Waals surface area contributed by atoms with E-state index >= 15 is 0 Å². The molecule has 4 aliphatic rings. The fourth-order valence-electron chi connectivity index (χ4n) is 5.66. The Hall–Kier alpha value is -0.900. The topological polar surface area (TPSA) is 56.7 Å². The minimum atomic E-state index is 0.140. The lowest BCUT2D eigenvalue weighted by atomic mass is 9.49. The lowest BCUT2D eigenvalue weighted by molar-refractivity contribution is -0.0110. The molecule has 4 bridgehead atoms. The molecular formula is C16H26N4. The fraction of sp³-hybridized carbons (Fsp3) is 0.875. The summed E-state index contributed by atoms with van der Waals surface area (Å²) in [6.07, 6.45) is 9.27. The first-order chi connectivity index (χ1) is 9.54. The van der Waals surface area contributed by atoms with E-state index in [1.165, 1.54) is 44.3 Å². The van der Waals surface area contributed by atoms with Crippen LogP contribution >= 0.6 is 0 Å². The molecule has 5 rings (SSSR count). The Kier molecular flexibility index (Phi) is 2.75. The molecule has 0 spiro atoms. The standard InChI is InChI=1S/C16H26N4/c1-10(17)3-14-18-15(20(2)19-14)16-7-11-4-12(8-16)6-13(5-11)9-16/h10-13H,3-9,17H2,1-2H3. The van der Waals surface area contributed by atoms with E-state index in [1.54, 1.807) is 0 Å². The van der Waals surface area contributed by atoms with Crippen LogP contribution in [0.1, 0.15) is 57.1 Å². The number of aromatic nitrogens is 3. The van der Waals surface area contributed by atoms with Gasteiger partial charge in [-0.15, -0.1) is 0 Å². The van der Waals surface area contributed by atoms with E-state index < -0.39 is 0 Å². The highest BCUT2D eigenvalue weighted by Gasteiger charge is 2.53. The summed E-state index contributed by atoms with van der Waals surface area (Å²) < 4.78 is 2.06. The van der Waals surface area contributed by atoms with Crippen molar-refractivity contribution in [3.8, 4) is 0 Å². The van der Waals surface area contributed by atoms with Crippen molar-refractivity contribution >= 4 is 0 Å². The van der Waals surface area contributed by atoms with Gasteiger partial charge in [0.25, 0.3) is 0 Å². The Morgan fingerprint density at radius 2 is 1.75 bits per heavy atom. The molecule has 4 fully saturated rings. The van der Waals surface area contributed by atoms with Crippen molar-refractivity contribution in [3.05, 3.63) is 11.6 Å². The van der Waals surface area contributed by atoms with Crippen molar-refractivity contribution in [1.29, 1.82) is 0 Å². The Labute approximate surface area is 121 Å². The molecule has 1 unspecified atom stereocenters. The molecule has 20 heavy (non-hydrogen) atoms. The first kappa shape index (κ1) is 12.8. The van der Waals surface area contributed by atoms with E-state index in [2.05, 4.69) is 16.8 Å². The number of rotatable bonds is 3. The van der Waals surface area contributed by atoms with Crippen molar-refractivity contribution in [1.82, 2.24) is 14.8 Å². The molecule has 1 heterocycles. The van der Waals surface area contributed by atoms with Crippen LogP contribution in [0.5, 0.6) is 0 Å². The van der Waals surface area contributed by atoms with E-state index in [1.807, 2.05) is 6.92 Å². The van der Waals surface area contributed by atoms with Gasteiger partial charge in [0.2, 0.25) is 0 Å². The van der Waals surface area contributed by atoms with E-state index in [9.17, 15) is 0 Å². The van der Waals surface area contributed by atoms with Crippen LogP contribution in [0.15, 0.2) is 0 Å². The second-order valence-electron chi connectivity index (χ2n) is 7.85. The van der Waals surface area contributed by atoms with Crippen molar-refractivity contribution in [2.75, 3.05) is 0 Å². The van der Waals surface area contributed by atoms with Gasteiger partial charge in [-0.2, -0.15) is 5.10 Å².